The standard InChI is InChI=1S/C19H22FN3O/c1-22(2)12-13-23(15-17-7-3-4-8-18(17)20)19(24)10-9-16-6-5-11-21-14-16/h3-11,14H,12-13,15H2,1-2H3/b10-9-. The number of nitrogens with zero attached hydrogens (tertiary/aromatic N) is 3. The Balaban J connectivity index is 2.11. The van der Waals surface area contributed by atoms with E-state index in [1.165, 1.54) is 12.1 Å². The van der Waals surface area contributed by atoms with Crippen LogP contribution in [-0.4, -0.2) is 47.9 Å². The number of hydrogen-bond donors (Lipinski definition) is 0. The number of carbonyl (C=O) groups is 1. The van der Waals surface area contributed by atoms with E-state index in [4.69, 9.17) is 0 Å². The van der Waals surface area contributed by atoms with Crippen molar-refractivity contribution >= 4 is 12.0 Å². The van der Waals surface area contributed by atoms with Crippen LogP contribution in [0.1, 0.15) is 11.1 Å². The Labute approximate surface area is 142 Å². The molecule has 1 aromatic carbocycles. The second kappa shape index (κ2) is 8.93. The molecule has 2 aromatic rings. The van der Waals surface area contributed by atoms with Gasteiger partial charge < -0.3 is 9.80 Å². The molecule has 1 heterocycles. The van der Waals surface area contributed by atoms with E-state index < -0.39 is 0 Å². The van der Waals surface area contributed by atoms with E-state index in [0.29, 0.717) is 18.7 Å². The molecular formula is C19H22FN3O. The minimum atomic E-state index is -0.295. The summed E-state index contributed by atoms with van der Waals surface area (Å²) in [6.07, 6.45) is 6.60. The van der Waals surface area contributed by atoms with Gasteiger partial charge in [0.05, 0.1) is 0 Å². The summed E-state index contributed by atoms with van der Waals surface area (Å²) in [7, 11) is 3.88. The van der Waals surface area contributed by atoms with Crippen LogP contribution in [-0.2, 0) is 11.3 Å². The monoisotopic (exact) mass is 327 g/mol. The van der Waals surface area contributed by atoms with Crippen molar-refractivity contribution < 1.29 is 9.18 Å². The fourth-order valence-corrected chi connectivity index (χ4v) is 2.17. The Morgan fingerprint density at radius 2 is 1.96 bits per heavy atom. The van der Waals surface area contributed by atoms with E-state index >= 15 is 0 Å². The first-order valence-electron chi connectivity index (χ1n) is 7.81. The van der Waals surface area contributed by atoms with E-state index in [-0.39, 0.29) is 18.3 Å². The zero-order chi connectivity index (χ0) is 17.4. The molecule has 1 amide bonds. The third-order valence-corrected chi connectivity index (χ3v) is 3.55. The topological polar surface area (TPSA) is 36.4 Å². The van der Waals surface area contributed by atoms with Crippen LogP contribution in [0.15, 0.2) is 54.9 Å². The molecular weight excluding hydrogens is 305 g/mol. The number of hydrogen-bond acceptors (Lipinski definition) is 3. The largest absolute Gasteiger partial charge is 0.333 e. The number of likely N-dealkylation sites (N-methyl/N-ethyl adjacent to an activating group) is 1. The molecule has 24 heavy (non-hydrogen) atoms. The van der Waals surface area contributed by atoms with Gasteiger partial charge in [0, 0.05) is 43.7 Å². The summed E-state index contributed by atoms with van der Waals surface area (Å²) in [5.41, 5.74) is 1.36. The van der Waals surface area contributed by atoms with Crippen molar-refractivity contribution in [1.82, 2.24) is 14.8 Å². The first kappa shape index (κ1) is 17.8. The predicted molar refractivity (Wildman–Crippen MR) is 93.6 cm³/mol. The Bertz CT molecular complexity index is 686. The van der Waals surface area contributed by atoms with Crippen molar-refractivity contribution in [3.05, 3.63) is 71.8 Å². The van der Waals surface area contributed by atoms with Crippen molar-refractivity contribution in [3.8, 4) is 0 Å². The average Bonchev–Trinajstić information content (AvgIpc) is 2.58. The molecule has 0 aliphatic carbocycles. The molecule has 2 rings (SSSR count). The molecule has 0 N–H and O–H groups in total. The maximum Gasteiger partial charge on any atom is 0.246 e. The molecule has 0 aliphatic heterocycles. The number of benzene rings is 1. The van der Waals surface area contributed by atoms with Crippen LogP contribution in [0.5, 0.6) is 0 Å². The molecule has 0 aliphatic rings. The summed E-state index contributed by atoms with van der Waals surface area (Å²) < 4.78 is 13.9. The molecule has 0 unspecified atom stereocenters. The summed E-state index contributed by atoms with van der Waals surface area (Å²) in [4.78, 5) is 20.2. The molecule has 126 valence electrons. The third kappa shape index (κ3) is 5.59. The van der Waals surface area contributed by atoms with Gasteiger partial charge in [-0.25, -0.2) is 4.39 Å². The molecule has 0 saturated carbocycles. The highest BCUT2D eigenvalue weighted by atomic mass is 19.1. The zero-order valence-corrected chi connectivity index (χ0v) is 14.0. The van der Waals surface area contributed by atoms with Crippen LogP contribution in [0.3, 0.4) is 0 Å². The quantitative estimate of drug-likeness (QED) is 0.734. The van der Waals surface area contributed by atoms with Crippen LogP contribution in [0.25, 0.3) is 6.08 Å². The fourth-order valence-electron chi connectivity index (χ4n) is 2.17. The normalized spacial score (nSPS) is 11.2. The Kier molecular flexibility index (Phi) is 6.63. The Hall–Kier alpha value is -2.53. The number of halogens is 1. The van der Waals surface area contributed by atoms with Gasteiger partial charge in [0.1, 0.15) is 5.82 Å². The third-order valence-electron chi connectivity index (χ3n) is 3.55. The van der Waals surface area contributed by atoms with Gasteiger partial charge in [-0.15, -0.1) is 0 Å². The molecule has 4 nitrogen and oxygen atoms in total. The van der Waals surface area contributed by atoms with Crippen molar-refractivity contribution in [2.75, 3.05) is 27.2 Å². The Morgan fingerprint density at radius 3 is 2.62 bits per heavy atom. The van der Waals surface area contributed by atoms with Crippen LogP contribution >= 0.6 is 0 Å². The lowest BCUT2D eigenvalue weighted by molar-refractivity contribution is -0.126. The summed E-state index contributed by atoms with van der Waals surface area (Å²) in [6.45, 7) is 1.48. The lowest BCUT2D eigenvalue weighted by Crippen LogP contribution is -2.35. The number of amides is 1. The van der Waals surface area contributed by atoms with Gasteiger partial charge in [-0.1, -0.05) is 24.3 Å². The van der Waals surface area contributed by atoms with Crippen molar-refractivity contribution in [3.63, 3.8) is 0 Å². The number of carbonyl (C=O) groups excluding carboxylic acids is 1. The predicted octanol–water partition coefficient (Wildman–Crippen LogP) is 2.82. The number of pyridine rings is 1. The summed E-state index contributed by atoms with van der Waals surface area (Å²) in [5, 5.41) is 0. The fraction of sp³-hybridized carbons (Fsp3) is 0.263. The highest BCUT2D eigenvalue weighted by Gasteiger charge is 2.13. The summed E-state index contributed by atoms with van der Waals surface area (Å²) >= 11 is 0. The van der Waals surface area contributed by atoms with Gasteiger partial charge in [0.25, 0.3) is 0 Å². The van der Waals surface area contributed by atoms with Crippen LogP contribution < -0.4 is 0 Å². The highest BCUT2D eigenvalue weighted by Crippen LogP contribution is 2.11. The number of aromatic nitrogens is 1. The van der Waals surface area contributed by atoms with Crippen LogP contribution in [0.2, 0.25) is 0 Å². The van der Waals surface area contributed by atoms with Crippen molar-refractivity contribution in [2.45, 2.75) is 6.54 Å². The molecule has 0 bridgehead atoms. The zero-order valence-electron chi connectivity index (χ0n) is 14.0. The van der Waals surface area contributed by atoms with Crippen LogP contribution in [0.4, 0.5) is 4.39 Å². The second-order valence-electron chi connectivity index (χ2n) is 5.77. The minimum Gasteiger partial charge on any atom is -0.333 e. The SMILES string of the molecule is CN(C)CCN(Cc1ccccc1F)C(=O)/C=C\c1cccnc1. The molecule has 0 saturated heterocycles. The summed E-state index contributed by atoms with van der Waals surface area (Å²) in [6, 6.07) is 10.2. The lowest BCUT2D eigenvalue weighted by Gasteiger charge is -2.23. The van der Waals surface area contributed by atoms with E-state index in [9.17, 15) is 9.18 Å². The molecule has 0 fully saturated rings. The minimum absolute atomic E-state index is 0.149. The molecule has 5 heteroatoms. The molecule has 0 atom stereocenters. The van der Waals surface area contributed by atoms with E-state index in [2.05, 4.69) is 4.98 Å². The summed E-state index contributed by atoms with van der Waals surface area (Å²) in [5.74, 6) is -0.444. The van der Waals surface area contributed by atoms with E-state index in [1.54, 1.807) is 41.6 Å². The van der Waals surface area contributed by atoms with Gasteiger partial charge in [-0.2, -0.15) is 0 Å². The van der Waals surface area contributed by atoms with Gasteiger partial charge in [0.2, 0.25) is 5.91 Å². The molecule has 0 radical (unpaired) electrons. The maximum absolute atomic E-state index is 13.9. The maximum atomic E-state index is 13.9. The van der Waals surface area contributed by atoms with E-state index in [1.807, 2.05) is 31.1 Å². The second-order valence-corrected chi connectivity index (χ2v) is 5.77. The van der Waals surface area contributed by atoms with Gasteiger partial charge in [-0.05, 0) is 37.9 Å². The van der Waals surface area contributed by atoms with Crippen molar-refractivity contribution in [2.24, 2.45) is 0 Å². The molecule has 1 aromatic heterocycles. The van der Waals surface area contributed by atoms with Crippen LogP contribution in [0, 0.1) is 5.82 Å². The lowest BCUT2D eigenvalue weighted by atomic mass is 10.2. The van der Waals surface area contributed by atoms with Gasteiger partial charge in [-0.3, -0.25) is 9.78 Å². The molecule has 0 spiro atoms. The Morgan fingerprint density at radius 1 is 1.17 bits per heavy atom. The van der Waals surface area contributed by atoms with Gasteiger partial charge in [0.15, 0.2) is 0 Å². The smallest absolute Gasteiger partial charge is 0.246 e. The average molecular weight is 327 g/mol. The van der Waals surface area contributed by atoms with E-state index in [0.717, 1.165) is 5.56 Å². The van der Waals surface area contributed by atoms with Crippen molar-refractivity contribution in [1.29, 1.82) is 0 Å². The first-order chi connectivity index (χ1) is 11.6. The first-order valence-corrected chi connectivity index (χ1v) is 7.81. The van der Waals surface area contributed by atoms with Gasteiger partial charge >= 0.3 is 0 Å². The highest BCUT2D eigenvalue weighted by molar-refractivity contribution is 5.91. The number of rotatable bonds is 7.